The first kappa shape index (κ1) is 21.6. The topological polar surface area (TPSA) is 20.3 Å². The molecule has 0 amide bonds. The summed E-state index contributed by atoms with van der Waals surface area (Å²) in [5.41, 5.74) is 5.86. The number of hydrogen-bond donors (Lipinski definition) is 0. The zero-order chi connectivity index (χ0) is 19.9. The van der Waals surface area contributed by atoms with Crippen molar-refractivity contribution in [2.45, 2.75) is 66.7 Å². The Morgan fingerprint density at radius 3 is 2.59 bits per heavy atom. The number of likely N-dealkylation sites (tertiary alicyclic amines) is 1. The van der Waals surface area contributed by atoms with E-state index in [2.05, 4.69) is 76.0 Å². The van der Waals surface area contributed by atoms with E-state index < -0.39 is 0 Å². The molecule has 1 heterocycles. The molecule has 148 valence electrons. The van der Waals surface area contributed by atoms with Gasteiger partial charge in [0, 0.05) is 13.0 Å². The van der Waals surface area contributed by atoms with Crippen molar-refractivity contribution in [3.8, 4) is 0 Å². The monoisotopic (exact) mass is 367 g/mol. The van der Waals surface area contributed by atoms with Crippen molar-refractivity contribution in [3.63, 3.8) is 0 Å². The van der Waals surface area contributed by atoms with E-state index in [1.165, 1.54) is 36.0 Å². The molecular weight excluding hydrogens is 330 g/mol. The molecular formula is C25H37NO. The van der Waals surface area contributed by atoms with E-state index >= 15 is 0 Å². The number of hydrogen-bond acceptors (Lipinski definition) is 2. The summed E-state index contributed by atoms with van der Waals surface area (Å²) in [5.74, 6) is 0.375. The number of piperidine rings is 1. The lowest BCUT2D eigenvalue weighted by Gasteiger charge is -2.32. The van der Waals surface area contributed by atoms with Gasteiger partial charge in [-0.15, -0.1) is 0 Å². The fourth-order valence-electron chi connectivity index (χ4n) is 4.04. The fourth-order valence-corrected chi connectivity index (χ4v) is 4.04. The van der Waals surface area contributed by atoms with E-state index in [4.69, 9.17) is 0 Å². The van der Waals surface area contributed by atoms with Gasteiger partial charge in [-0.25, -0.2) is 0 Å². The van der Waals surface area contributed by atoms with E-state index in [-0.39, 0.29) is 0 Å². The van der Waals surface area contributed by atoms with Gasteiger partial charge in [0.15, 0.2) is 0 Å². The molecule has 0 bridgehead atoms. The number of ketones is 1. The van der Waals surface area contributed by atoms with Gasteiger partial charge in [-0.2, -0.15) is 0 Å². The summed E-state index contributed by atoms with van der Waals surface area (Å²) in [4.78, 5) is 13.7. The first-order chi connectivity index (χ1) is 12.8. The Kier molecular flexibility index (Phi) is 8.04. The number of nitrogens with zero attached hydrogens (tertiary/aromatic N) is 1. The molecule has 0 spiro atoms. The average Bonchev–Trinajstić information content (AvgIpc) is 2.59. The van der Waals surface area contributed by atoms with E-state index in [0.29, 0.717) is 17.7 Å². The van der Waals surface area contributed by atoms with Crippen molar-refractivity contribution in [2.24, 2.45) is 5.41 Å². The van der Waals surface area contributed by atoms with Crippen LogP contribution in [0.4, 0.5) is 0 Å². The van der Waals surface area contributed by atoms with Gasteiger partial charge in [-0.1, -0.05) is 67.0 Å². The zero-order valence-corrected chi connectivity index (χ0v) is 18.0. The third-order valence-electron chi connectivity index (χ3n) is 5.77. The van der Waals surface area contributed by atoms with Crippen LogP contribution in [0.2, 0.25) is 0 Å². The van der Waals surface area contributed by atoms with Crippen molar-refractivity contribution in [1.82, 2.24) is 4.90 Å². The minimum Gasteiger partial charge on any atom is -0.298 e. The lowest BCUT2D eigenvalue weighted by molar-refractivity contribution is -0.121. The minimum absolute atomic E-state index is 0.296. The third-order valence-corrected chi connectivity index (χ3v) is 5.77. The van der Waals surface area contributed by atoms with E-state index in [0.717, 1.165) is 25.9 Å². The fraction of sp³-hybridized carbons (Fsp3) is 0.560. The van der Waals surface area contributed by atoms with Gasteiger partial charge in [0.1, 0.15) is 5.78 Å². The smallest absolute Gasteiger partial charge is 0.146 e. The quantitative estimate of drug-likeness (QED) is 0.522. The molecule has 2 heteroatoms. The lowest BCUT2D eigenvalue weighted by Crippen LogP contribution is -2.35. The standard InChI is InChI=1S/C25H37NO/c1-20(13-14-24-22(3)11-7-16-25(24,4)5)9-6-10-21(2)15-18-26-17-8-12-23(27)19-26/h6,9-10,13-15H,7-8,11-12,16-19H2,1-5H3/b10-6+,14-13+,20-9-,21-15+. The molecule has 1 aliphatic carbocycles. The van der Waals surface area contributed by atoms with Crippen LogP contribution in [0.15, 0.2) is 58.7 Å². The first-order valence-corrected chi connectivity index (χ1v) is 10.4. The van der Waals surface area contributed by atoms with Gasteiger partial charge < -0.3 is 0 Å². The summed E-state index contributed by atoms with van der Waals surface area (Å²) >= 11 is 0. The second kappa shape index (κ2) is 10.0. The molecule has 2 rings (SSSR count). The Hall–Kier alpha value is -1.67. The van der Waals surface area contributed by atoms with Crippen LogP contribution < -0.4 is 0 Å². The molecule has 2 aliphatic rings. The molecule has 0 aromatic rings. The maximum Gasteiger partial charge on any atom is 0.146 e. The summed E-state index contributed by atoms with van der Waals surface area (Å²) in [6.45, 7) is 13.8. The molecule has 0 N–H and O–H groups in total. The van der Waals surface area contributed by atoms with Gasteiger partial charge in [-0.3, -0.25) is 9.69 Å². The Bertz CT molecular complexity index is 685. The molecule has 2 nitrogen and oxygen atoms in total. The van der Waals surface area contributed by atoms with Crippen molar-refractivity contribution >= 4 is 5.78 Å². The Labute approximate surface area is 166 Å². The van der Waals surface area contributed by atoms with Crippen LogP contribution in [0.3, 0.4) is 0 Å². The summed E-state index contributed by atoms with van der Waals surface area (Å²) < 4.78 is 0. The number of rotatable bonds is 6. The second-order valence-electron chi connectivity index (χ2n) is 8.86. The molecule has 27 heavy (non-hydrogen) atoms. The maximum absolute atomic E-state index is 11.5. The first-order valence-electron chi connectivity index (χ1n) is 10.4. The highest BCUT2D eigenvalue weighted by Gasteiger charge is 2.26. The Balaban J connectivity index is 1.90. The third kappa shape index (κ3) is 7.10. The highest BCUT2D eigenvalue weighted by molar-refractivity contribution is 5.81. The number of carbonyl (C=O) groups is 1. The summed E-state index contributed by atoms with van der Waals surface area (Å²) in [6, 6.07) is 0. The van der Waals surface area contributed by atoms with Crippen molar-refractivity contribution in [1.29, 1.82) is 0 Å². The second-order valence-corrected chi connectivity index (χ2v) is 8.86. The highest BCUT2D eigenvalue weighted by atomic mass is 16.1. The van der Waals surface area contributed by atoms with Crippen LogP contribution in [0, 0.1) is 5.41 Å². The predicted molar refractivity (Wildman–Crippen MR) is 117 cm³/mol. The molecule has 0 atom stereocenters. The molecule has 0 aromatic heterocycles. The van der Waals surface area contributed by atoms with Crippen LogP contribution in [0.1, 0.15) is 66.7 Å². The molecule has 0 aromatic carbocycles. The molecule has 1 saturated heterocycles. The Morgan fingerprint density at radius 1 is 1.11 bits per heavy atom. The van der Waals surface area contributed by atoms with E-state index in [9.17, 15) is 4.79 Å². The van der Waals surface area contributed by atoms with Gasteiger partial charge >= 0.3 is 0 Å². The largest absolute Gasteiger partial charge is 0.298 e. The van der Waals surface area contributed by atoms with Crippen LogP contribution in [0.5, 0.6) is 0 Å². The minimum atomic E-state index is 0.296. The van der Waals surface area contributed by atoms with Gasteiger partial charge in [-0.05, 0) is 64.0 Å². The average molecular weight is 368 g/mol. The molecule has 1 fully saturated rings. The van der Waals surface area contributed by atoms with Crippen molar-refractivity contribution in [3.05, 3.63) is 58.7 Å². The molecule has 0 unspecified atom stereocenters. The van der Waals surface area contributed by atoms with Gasteiger partial charge in [0.25, 0.3) is 0 Å². The van der Waals surface area contributed by atoms with E-state index in [1.54, 1.807) is 5.57 Å². The van der Waals surface area contributed by atoms with Crippen molar-refractivity contribution < 1.29 is 4.79 Å². The summed E-state index contributed by atoms with van der Waals surface area (Å²) in [5, 5.41) is 0. The zero-order valence-electron chi connectivity index (χ0n) is 18.0. The van der Waals surface area contributed by atoms with Crippen LogP contribution >= 0.6 is 0 Å². The number of allylic oxidation sites excluding steroid dienone is 9. The predicted octanol–water partition coefficient (Wildman–Crippen LogP) is 6.18. The van der Waals surface area contributed by atoms with Crippen LogP contribution in [0.25, 0.3) is 0 Å². The SMILES string of the molecule is CC1=C(/C=C/C(C)=C\C=C\C(C)=C\CN2CCCC(=O)C2)C(C)(C)CCC1. The van der Waals surface area contributed by atoms with Crippen molar-refractivity contribution in [2.75, 3.05) is 19.6 Å². The summed E-state index contributed by atoms with van der Waals surface area (Å²) in [6.07, 6.45) is 18.8. The summed E-state index contributed by atoms with van der Waals surface area (Å²) in [7, 11) is 0. The van der Waals surface area contributed by atoms with Gasteiger partial charge in [0.05, 0.1) is 6.54 Å². The normalized spacial score (nSPS) is 23.1. The number of Topliss-reactive ketones (excluding diaryl/α,β-unsaturated/α-hetero) is 1. The van der Waals surface area contributed by atoms with Crippen LogP contribution in [-0.2, 0) is 4.79 Å². The lowest BCUT2D eigenvalue weighted by atomic mass is 9.72. The highest BCUT2D eigenvalue weighted by Crippen LogP contribution is 2.40. The Morgan fingerprint density at radius 2 is 1.89 bits per heavy atom. The maximum atomic E-state index is 11.5. The van der Waals surface area contributed by atoms with Crippen LogP contribution in [-0.4, -0.2) is 30.3 Å². The molecule has 1 aliphatic heterocycles. The molecule has 0 radical (unpaired) electrons. The molecule has 0 saturated carbocycles. The van der Waals surface area contributed by atoms with E-state index in [1.807, 2.05) is 0 Å². The number of carbonyl (C=O) groups excluding carboxylic acids is 1. The van der Waals surface area contributed by atoms with Gasteiger partial charge in [0.2, 0.25) is 0 Å².